The van der Waals surface area contributed by atoms with Crippen molar-refractivity contribution >= 4 is 21.6 Å². The Balaban J connectivity index is 2.02. The number of carbonyl (C=O) groups excluding carboxylic acids is 1. The molecule has 2 aromatic carbocycles. The van der Waals surface area contributed by atoms with Crippen LogP contribution in [0.15, 0.2) is 53.4 Å². The molecule has 0 saturated heterocycles. The van der Waals surface area contributed by atoms with E-state index in [1.54, 1.807) is 0 Å². The van der Waals surface area contributed by atoms with E-state index in [9.17, 15) is 13.2 Å². The molecule has 2 rings (SSSR count). The van der Waals surface area contributed by atoms with E-state index in [-0.39, 0.29) is 17.3 Å². The minimum atomic E-state index is -3.51. The number of para-hydroxylation sites is 1. The molecule has 27 heavy (non-hydrogen) atoms. The molecule has 0 aromatic heterocycles. The first-order chi connectivity index (χ1) is 12.7. The van der Waals surface area contributed by atoms with Crippen molar-refractivity contribution in [2.24, 2.45) is 0 Å². The summed E-state index contributed by atoms with van der Waals surface area (Å²) in [6.07, 6.45) is 0. The lowest BCUT2D eigenvalue weighted by Gasteiger charge is -2.13. The highest BCUT2D eigenvalue weighted by atomic mass is 32.2. The smallest absolute Gasteiger partial charge is 0.252 e. The fourth-order valence-corrected chi connectivity index (χ4v) is 3.23. The molecule has 0 heterocycles. The summed E-state index contributed by atoms with van der Waals surface area (Å²) in [5, 5.41) is 2.71. The number of amides is 1. The Hall–Kier alpha value is -2.82. The molecule has 0 radical (unpaired) electrons. The molecule has 0 spiro atoms. The third-order valence-corrected chi connectivity index (χ3v) is 5.67. The summed E-state index contributed by atoms with van der Waals surface area (Å²) in [5.41, 5.74) is 2.27. The molecule has 0 aliphatic heterocycles. The molecular weight excluding hydrogens is 362 g/mol. The van der Waals surface area contributed by atoms with Crippen molar-refractivity contribution in [3.63, 3.8) is 0 Å². The van der Waals surface area contributed by atoms with Gasteiger partial charge in [0.2, 0.25) is 10.0 Å². The van der Waals surface area contributed by atoms with Crippen molar-refractivity contribution in [1.29, 1.82) is 0 Å². The Morgan fingerprint density at radius 2 is 1.63 bits per heavy atom. The zero-order valence-corrected chi connectivity index (χ0v) is 16.7. The molecule has 0 saturated carbocycles. The molecule has 6 nitrogen and oxygen atoms in total. The number of sulfonamides is 1. The fraction of sp³-hybridized carbons (Fsp3) is 0.250. The van der Waals surface area contributed by atoms with Crippen LogP contribution < -0.4 is 10.2 Å². The SMILES string of the molecule is CN(C)c1ccccc1C#CCNC(=O)c1ccc(S(=O)(=O)N(C)C)cc1. The molecule has 2 aromatic rings. The average Bonchev–Trinajstić information content (AvgIpc) is 2.65. The van der Waals surface area contributed by atoms with E-state index < -0.39 is 10.0 Å². The first kappa shape index (κ1) is 20.5. The standard InChI is InChI=1S/C20H23N3O3S/c1-22(2)19-10-6-5-8-16(19)9-7-15-21-20(24)17-11-13-18(14-12-17)27(25,26)23(3)4/h5-6,8,10-14H,15H2,1-4H3,(H,21,24). The minimum absolute atomic E-state index is 0.143. The molecule has 0 bridgehead atoms. The third kappa shape index (κ3) is 5.09. The van der Waals surface area contributed by atoms with Gasteiger partial charge in [0, 0.05) is 39.3 Å². The van der Waals surface area contributed by atoms with Gasteiger partial charge in [-0.3, -0.25) is 4.79 Å². The predicted octanol–water partition coefficient (Wildman–Crippen LogP) is 1.78. The van der Waals surface area contributed by atoms with E-state index in [2.05, 4.69) is 17.2 Å². The topological polar surface area (TPSA) is 69.7 Å². The fourth-order valence-electron chi connectivity index (χ4n) is 2.32. The monoisotopic (exact) mass is 385 g/mol. The van der Waals surface area contributed by atoms with Gasteiger partial charge in [-0.05, 0) is 36.4 Å². The first-order valence-corrected chi connectivity index (χ1v) is 9.73. The Labute approximate surface area is 160 Å². The lowest BCUT2D eigenvalue weighted by Crippen LogP contribution is -2.24. The van der Waals surface area contributed by atoms with E-state index >= 15 is 0 Å². The molecule has 1 amide bonds. The van der Waals surface area contributed by atoms with Crippen molar-refractivity contribution in [1.82, 2.24) is 9.62 Å². The number of nitrogens with zero attached hydrogens (tertiary/aromatic N) is 2. The molecule has 7 heteroatoms. The van der Waals surface area contributed by atoms with Gasteiger partial charge >= 0.3 is 0 Å². The zero-order chi connectivity index (χ0) is 20.0. The zero-order valence-electron chi connectivity index (χ0n) is 15.9. The van der Waals surface area contributed by atoms with Gasteiger partial charge in [0.05, 0.1) is 17.1 Å². The average molecular weight is 385 g/mol. The quantitative estimate of drug-likeness (QED) is 0.797. The minimum Gasteiger partial charge on any atom is -0.377 e. The van der Waals surface area contributed by atoms with Gasteiger partial charge in [-0.2, -0.15) is 0 Å². The predicted molar refractivity (Wildman–Crippen MR) is 107 cm³/mol. The number of carbonyl (C=O) groups is 1. The normalized spacial score (nSPS) is 10.9. The highest BCUT2D eigenvalue weighted by molar-refractivity contribution is 7.89. The first-order valence-electron chi connectivity index (χ1n) is 8.29. The number of benzene rings is 2. The summed E-state index contributed by atoms with van der Waals surface area (Å²) in [7, 11) is 3.31. The van der Waals surface area contributed by atoms with Crippen molar-refractivity contribution in [3.8, 4) is 11.8 Å². The number of anilines is 1. The van der Waals surface area contributed by atoms with Crippen LogP contribution in [0, 0.1) is 11.8 Å². The summed E-state index contributed by atoms with van der Waals surface area (Å²) in [5.74, 6) is 5.68. The van der Waals surface area contributed by atoms with E-state index in [0.717, 1.165) is 15.6 Å². The van der Waals surface area contributed by atoms with Gasteiger partial charge in [-0.15, -0.1) is 0 Å². The summed E-state index contributed by atoms with van der Waals surface area (Å²) < 4.78 is 25.2. The van der Waals surface area contributed by atoms with Crippen molar-refractivity contribution in [3.05, 3.63) is 59.7 Å². The van der Waals surface area contributed by atoms with Crippen LogP contribution in [0.5, 0.6) is 0 Å². The molecule has 0 aliphatic rings. The van der Waals surface area contributed by atoms with Gasteiger partial charge < -0.3 is 10.2 Å². The van der Waals surface area contributed by atoms with Gasteiger partial charge in [0.1, 0.15) is 0 Å². The second-order valence-electron chi connectivity index (χ2n) is 6.21. The number of rotatable bonds is 5. The van der Waals surface area contributed by atoms with E-state index in [4.69, 9.17) is 0 Å². The van der Waals surface area contributed by atoms with Crippen LogP contribution in [-0.2, 0) is 10.0 Å². The Bertz CT molecular complexity index is 970. The molecular formula is C20H23N3O3S. The highest BCUT2D eigenvalue weighted by Gasteiger charge is 2.17. The van der Waals surface area contributed by atoms with Crippen molar-refractivity contribution < 1.29 is 13.2 Å². The van der Waals surface area contributed by atoms with E-state index in [0.29, 0.717) is 5.56 Å². The number of hydrogen-bond acceptors (Lipinski definition) is 4. The lowest BCUT2D eigenvalue weighted by molar-refractivity contribution is 0.0958. The van der Waals surface area contributed by atoms with Crippen LogP contribution in [0.3, 0.4) is 0 Å². The summed E-state index contributed by atoms with van der Waals surface area (Å²) >= 11 is 0. The van der Waals surface area contributed by atoms with Crippen LogP contribution in [-0.4, -0.2) is 53.4 Å². The molecule has 142 valence electrons. The number of hydrogen-bond donors (Lipinski definition) is 1. The molecule has 0 unspecified atom stereocenters. The molecule has 0 aliphatic carbocycles. The van der Waals surface area contributed by atoms with E-state index in [1.165, 1.54) is 38.4 Å². The Kier molecular flexibility index (Phi) is 6.61. The molecule has 1 N–H and O–H groups in total. The van der Waals surface area contributed by atoms with E-state index in [1.807, 2.05) is 43.3 Å². The van der Waals surface area contributed by atoms with Crippen LogP contribution in [0.25, 0.3) is 0 Å². The number of nitrogens with one attached hydrogen (secondary N) is 1. The second-order valence-corrected chi connectivity index (χ2v) is 8.36. The lowest BCUT2D eigenvalue weighted by atomic mass is 10.1. The van der Waals surface area contributed by atoms with Crippen molar-refractivity contribution in [2.75, 3.05) is 39.6 Å². The van der Waals surface area contributed by atoms with Gasteiger partial charge in [-0.25, -0.2) is 12.7 Å². The Morgan fingerprint density at radius 1 is 1.00 bits per heavy atom. The maximum atomic E-state index is 12.2. The van der Waals surface area contributed by atoms with Gasteiger partial charge in [-0.1, -0.05) is 24.0 Å². The summed E-state index contributed by atoms with van der Waals surface area (Å²) in [4.78, 5) is 14.3. The third-order valence-electron chi connectivity index (χ3n) is 3.84. The maximum absolute atomic E-state index is 12.2. The van der Waals surface area contributed by atoms with Crippen LogP contribution in [0.2, 0.25) is 0 Å². The second kappa shape index (κ2) is 8.71. The van der Waals surface area contributed by atoms with Gasteiger partial charge in [0.25, 0.3) is 5.91 Å². The highest BCUT2D eigenvalue weighted by Crippen LogP contribution is 2.16. The van der Waals surface area contributed by atoms with Crippen LogP contribution >= 0.6 is 0 Å². The van der Waals surface area contributed by atoms with Gasteiger partial charge in [0.15, 0.2) is 0 Å². The van der Waals surface area contributed by atoms with Crippen LogP contribution in [0.4, 0.5) is 5.69 Å². The Morgan fingerprint density at radius 3 is 2.22 bits per heavy atom. The largest absolute Gasteiger partial charge is 0.377 e. The molecule has 0 fully saturated rings. The van der Waals surface area contributed by atoms with Crippen molar-refractivity contribution in [2.45, 2.75) is 4.90 Å². The summed E-state index contributed by atoms with van der Waals surface area (Å²) in [6, 6.07) is 13.6. The maximum Gasteiger partial charge on any atom is 0.252 e. The molecule has 0 atom stereocenters. The summed E-state index contributed by atoms with van der Waals surface area (Å²) in [6.45, 7) is 0.193. The van der Waals surface area contributed by atoms with Crippen LogP contribution in [0.1, 0.15) is 15.9 Å².